The Bertz CT molecular complexity index is 2100. The number of benzene rings is 5. The highest BCUT2D eigenvalue weighted by atomic mass is 35.5. The molecule has 0 fully saturated rings. The SMILES string of the molecule is Cc1ncc(C(=O)Nc2ccc(Cl)c(NC(=O)c3ccccc3)c2)c(-c2ccccc2)n1.Nc1ccc(Cl)c(NC(=O)c2ccccc2)c1. The van der Waals surface area contributed by atoms with E-state index in [0.717, 1.165) is 5.56 Å². The number of rotatable bonds is 7. The molecule has 0 bridgehead atoms. The Balaban J connectivity index is 0.000000232. The summed E-state index contributed by atoms with van der Waals surface area (Å²) >= 11 is 12.2. The smallest absolute Gasteiger partial charge is 0.259 e. The van der Waals surface area contributed by atoms with Gasteiger partial charge < -0.3 is 21.7 Å². The molecule has 3 amide bonds. The minimum Gasteiger partial charge on any atom is -0.399 e. The molecule has 1 aromatic heterocycles. The van der Waals surface area contributed by atoms with Gasteiger partial charge in [0.15, 0.2) is 0 Å². The molecule has 5 aromatic carbocycles. The van der Waals surface area contributed by atoms with Crippen molar-refractivity contribution in [1.29, 1.82) is 0 Å². The quantitative estimate of drug-likeness (QED) is 0.124. The highest BCUT2D eigenvalue weighted by Gasteiger charge is 2.17. The molecule has 244 valence electrons. The van der Waals surface area contributed by atoms with Crippen LogP contribution in [0, 0.1) is 6.92 Å². The van der Waals surface area contributed by atoms with E-state index in [4.69, 9.17) is 28.9 Å². The van der Waals surface area contributed by atoms with Crippen LogP contribution in [0.25, 0.3) is 11.3 Å². The predicted molar refractivity (Wildman–Crippen MR) is 196 cm³/mol. The van der Waals surface area contributed by atoms with Crippen LogP contribution in [0.1, 0.15) is 36.9 Å². The van der Waals surface area contributed by atoms with E-state index in [2.05, 4.69) is 25.9 Å². The van der Waals surface area contributed by atoms with Crippen LogP contribution in [-0.2, 0) is 0 Å². The van der Waals surface area contributed by atoms with Gasteiger partial charge in [-0.25, -0.2) is 9.97 Å². The summed E-state index contributed by atoms with van der Waals surface area (Å²) < 4.78 is 0. The van der Waals surface area contributed by atoms with Gasteiger partial charge in [-0.05, 0) is 67.6 Å². The van der Waals surface area contributed by atoms with Gasteiger partial charge in [-0.15, -0.1) is 0 Å². The highest BCUT2D eigenvalue weighted by molar-refractivity contribution is 6.34. The average molecular weight is 690 g/mol. The molecule has 49 heavy (non-hydrogen) atoms. The number of aryl methyl sites for hydroxylation is 1. The number of nitrogens with two attached hydrogens (primary N) is 1. The molecule has 5 N–H and O–H groups in total. The fourth-order valence-electron chi connectivity index (χ4n) is 4.56. The molecule has 0 aliphatic rings. The second kappa shape index (κ2) is 16.2. The second-order valence-electron chi connectivity index (χ2n) is 10.6. The number of carbonyl (C=O) groups excluding carboxylic acids is 3. The molecule has 0 saturated heterocycles. The van der Waals surface area contributed by atoms with Crippen molar-refractivity contribution in [3.05, 3.63) is 166 Å². The summed E-state index contributed by atoms with van der Waals surface area (Å²) in [5, 5.41) is 9.15. The number of anilines is 4. The summed E-state index contributed by atoms with van der Waals surface area (Å²) in [6.45, 7) is 1.77. The van der Waals surface area contributed by atoms with Crippen molar-refractivity contribution in [3.8, 4) is 11.3 Å². The van der Waals surface area contributed by atoms with Crippen LogP contribution < -0.4 is 21.7 Å². The monoisotopic (exact) mass is 688 g/mol. The van der Waals surface area contributed by atoms with E-state index in [1.807, 2.05) is 42.5 Å². The summed E-state index contributed by atoms with van der Waals surface area (Å²) in [7, 11) is 0. The summed E-state index contributed by atoms with van der Waals surface area (Å²) in [6, 6.07) is 37.0. The van der Waals surface area contributed by atoms with Gasteiger partial charge in [-0.2, -0.15) is 0 Å². The van der Waals surface area contributed by atoms with Gasteiger partial charge in [0.25, 0.3) is 17.7 Å². The van der Waals surface area contributed by atoms with Gasteiger partial charge in [-0.1, -0.05) is 89.9 Å². The molecular formula is C38H30Cl2N6O3. The van der Waals surface area contributed by atoms with Gasteiger partial charge >= 0.3 is 0 Å². The number of aromatic nitrogens is 2. The number of amides is 3. The zero-order chi connectivity index (χ0) is 34.8. The number of nitrogen functional groups attached to an aromatic ring is 1. The molecular weight excluding hydrogens is 659 g/mol. The van der Waals surface area contributed by atoms with E-state index < -0.39 is 0 Å². The van der Waals surface area contributed by atoms with Gasteiger partial charge in [0.05, 0.1) is 32.7 Å². The molecule has 9 nitrogen and oxygen atoms in total. The third kappa shape index (κ3) is 9.29. The minimum atomic E-state index is -0.369. The van der Waals surface area contributed by atoms with E-state index >= 15 is 0 Å². The maximum atomic E-state index is 13.0. The first-order valence-corrected chi connectivity index (χ1v) is 15.7. The van der Waals surface area contributed by atoms with Gasteiger partial charge in [-0.3, -0.25) is 14.4 Å². The Morgan fingerprint density at radius 2 is 1.12 bits per heavy atom. The summed E-state index contributed by atoms with van der Waals surface area (Å²) in [5.41, 5.74) is 10.3. The molecule has 0 radical (unpaired) electrons. The van der Waals surface area contributed by atoms with E-state index in [9.17, 15) is 14.4 Å². The fraction of sp³-hybridized carbons (Fsp3) is 0.0263. The number of hydrogen-bond acceptors (Lipinski definition) is 6. The number of carbonyl (C=O) groups is 3. The fourth-order valence-corrected chi connectivity index (χ4v) is 4.89. The Morgan fingerprint density at radius 3 is 1.69 bits per heavy atom. The maximum absolute atomic E-state index is 13.0. The van der Waals surface area contributed by atoms with E-state index in [1.54, 1.807) is 91.9 Å². The van der Waals surface area contributed by atoms with Crippen molar-refractivity contribution in [2.24, 2.45) is 0 Å². The minimum absolute atomic E-state index is 0.210. The Morgan fingerprint density at radius 1 is 0.612 bits per heavy atom. The van der Waals surface area contributed by atoms with Crippen molar-refractivity contribution in [2.45, 2.75) is 6.92 Å². The number of nitrogens with zero attached hydrogens (tertiary/aromatic N) is 2. The van der Waals surface area contributed by atoms with Gasteiger partial charge in [0.1, 0.15) is 5.82 Å². The zero-order valence-electron chi connectivity index (χ0n) is 26.2. The first-order chi connectivity index (χ1) is 23.7. The standard InChI is InChI=1S/C25H19ClN4O2.C13H11ClN2O/c1-16-27-15-20(23(28-16)17-8-4-2-5-9-17)25(32)29-19-12-13-21(26)22(14-19)30-24(31)18-10-6-3-7-11-18;14-11-7-6-10(15)8-12(11)16-13(17)9-4-2-1-3-5-9/h2-15H,1H3,(H,29,32)(H,30,31);1-8H,15H2,(H,16,17). The number of hydrogen-bond donors (Lipinski definition) is 4. The third-order valence-electron chi connectivity index (χ3n) is 6.98. The molecule has 0 atom stereocenters. The van der Waals surface area contributed by atoms with Crippen LogP contribution in [0.4, 0.5) is 22.7 Å². The van der Waals surface area contributed by atoms with Crippen LogP contribution in [0.3, 0.4) is 0 Å². The van der Waals surface area contributed by atoms with Crippen LogP contribution in [-0.4, -0.2) is 27.7 Å². The van der Waals surface area contributed by atoms with E-state index in [-0.39, 0.29) is 17.7 Å². The van der Waals surface area contributed by atoms with Crippen molar-refractivity contribution in [3.63, 3.8) is 0 Å². The summed E-state index contributed by atoms with van der Waals surface area (Å²) in [4.78, 5) is 46.0. The van der Waals surface area contributed by atoms with Crippen molar-refractivity contribution < 1.29 is 14.4 Å². The summed E-state index contributed by atoms with van der Waals surface area (Å²) in [5.74, 6) is -0.309. The lowest BCUT2D eigenvalue weighted by atomic mass is 10.1. The Labute approximate surface area is 293 Å². The van der Waals surface area contributed by atoms with Crippen LogP contribution in [0.15, 0.2) is 134 Å². The zero-order valence-corrected chi connectivity index (χ0v) is 27.7. The first kappa shape index (κ1) is 34.3. The van der Waals surface area contributed by atoms with E-state index in [0.29, 0.717) is 61.0 Å². The molecule has 0 saturated carbocycles. The van der Waals surface area contributed by atoms with Crippen LogP contribution in [0.2, 0.25) is 10.0 Å². The molecule has 11 heteroatoms. The number of halogens is 2. The van der Waals surface area contributed by atoms with Gasteiger partial charge in [0.2, 0.25) is 0 Å². The van der Waals surface area contributed by atoms with Crippen molar-refractivity contribution in [2.75, 3.05) is 21.7 Å². The molecule has 0 aliphatic carbocycles. The maximum Gasteiger partial charge on any atom is 0.259 e. The van der Waals surface area contributed by atoms with Crippen molar-refractivity contribution in [1.82, 2.24) is 9.97 Å². The molecule has 0 spiro atoms. The van der Waals surface area contributed by atoms with E-state index in [1.165, 1.54) is 6.20 Å². The Hall–Kier alpha value is -6.03. The first-order valence-electron chi connectivity index (χ1n) is 15.0. The average Bonchev–Trinajstić information content (AvgIpc) is 3.12. The Kier molecular flexibility index (Phi) is 11.3. The highest BCUT2D eigenvalue weighted by Crippen LogP contribution is 2.28. The predicted octanol–water partition coefficient (Wildman–Crippen LogP) is 8.78. The molecule has 6 aromatic rings. The second-order valence-corrected chi connectivity index (χ2v) is 11.4. The topological polar surface area (TPSA) is 139 Å². The normalized spacial score (nSPS) is 10.3. The van der Waals surface area contributed by atoms with Gasteiger partial charge in [0, 0.05) is 34.3 Å². The number of nitrogens with one attached hydrogen (secondary N) is 3. The largest absolute Gasteiger partial charge is 0.399 e. The van der Waals surface area contributed by atoms with Crippen LogP contribution in [0.5, 0.6) is 0 Å². The molecule has 1 heterocycles. The van der Waals surface area contributed by atoms with Crippen LogP contribution >= 0.6 is 23.2 Å². The lowest BCUT2D eigenvalue weighted by Gasteiger charge is -2.12. The lowest BCUT2D eigenvalue weighted by molar-refractivity contribution is 0.101. The molecule has 0 aliphatic heterocycles. The molecule has 0 unspecified atom stereocenters. The lowest BCUT2D eigenvalue weighted by Crippen LogP contribution is -2.16. The van der Waals surface area contributed by atoms with Crippen molar-refractivity contribution >= 4 is 63.7 Å². The third-order valence-corrected chi connectivity index (χ3v) is 7.64. The molecule has 6 rings (SSSR count). The summed E-state index contributed by atoms with van der Waals surface area (Å²) in [6.07, 6.45) is 1.51.